The number of rotatable bonds is 2. The third-order valence-electron chi connectivity index (χ3n) is 2.33. The average molecular weight is 235 g/mol. The highest BCUT2D eigenvalue weighted by atomic mass is 16.6. The van der Waals surface area contributed by atoms with Crippen molar-refractivity contribution >= 4 is 11.2 Å². The zero-order valence-corrected chi connectivity index (χ0v) is 8.67. The predicted octanol–water partition coefficient (Wildman–Crippen LogP) is -0.291. The number of aromatic nitrogens is 4. The topological polar surface area (TPSA) is 107 Å². The van der Waals surface area contributed by atoms with Gasteiger partial charge in [-0.05, 0) is 0 Å². The minimum absolute atomic E-state index is 0.110. The maximum atomic E-state index is 11.0. The lowest BCUT2D eigenvalue weighted by Crippen LogP contribution is -2.07. The van der Waals surface area contributed by atoms with Crippen molar-refractivity contribution in [1.29, 1.82) is 0 Å². The second kappa shape index (κ2) is 3.59. The fourth-order valence-electron chi connectivity index (χ4n) is 1.59. The molecule has 3 heterocycles. The van der Waals surface area contributed by atoms with E-state index in [1.54, 1.807) is 0 Å². The highest BCUT2D eigenvalue weighted by Gasteiger charge is 2.13. The smallest absolute Gasteiger partial charge is 0.325 e. The van der Waals surface area contributed by atoms with Gasteiger partial charge in [0.25, 0.3) is 0 Å². The Morgan fingerprint density at radius 1 is 1.53 bits per heavy atom. The molecule has 0 saturated carbocycles. The Balaban J connectivity index is 1.90. The summed E-state index contributed by atoms with van der Waals surface area (Å²) in [5, 5.41) is 10.0. The predicted molar refractivity (Wildman–Crippen MR) is 55.9 cm³/mol. The van der Waals surface area contributed by atoms with Crippen LogP contribution in [0.2, 0.25) is 0 Å². The molecule has 1 aliphatic rings. The average Bonchev–Trinajstić information content (AvgIpc) is 2.83. The molecule has 0 fully saturated rings. The minimum atomic E-state index is -0.315. The van der Waals surface area contributed by atoms with Crippen molar-refractivity contribution in [3.63, 3.8) is 0 Å². The molecule has 3 N–H and O–H groups in total. The lowest BCUT2D eigenvalue weighted by molar-refractivity contribution is -0.0808. The van der Waals surface area contributed by atoms with Crippen LogP contribution in [0.4, 0.5) is 0 Å². The summed E-state index contributed by atoms with van der Waals surface area (Å²) in [6, 6.07) is 0. The number of imidazole rings is 1. The van der Waals surface area contributed by atoms with Crippen LogP contribution in [0.15, 0.2) is 23.0 Å². The number of aromatic amines is 2. The maximum absolute atomic E-state index is 11.0. The number of ether oxygens (including phenoxy) is 1. The monoisotopic (exact) mass is 235 g/mol. The molecule has 0 bridgehead atoms. The zero-order valence-electron chi connectivity index (χ0n) is 8.67. The van der Waals surface area contributed by atoms with Gasteiger partial charge >= 0.3 is 5.69 Å². The first kappa shape index (κ1) is 9.85. The Morgan fingerprint density at radius 2 is 2.41 bits per heavy atom. The van der Waals surface area contributed by atoms with E-state index in [0.29, 0.717) is 29.2 Å². The first-order valence-electron chi connectivity index (χ1n) is 4.93. The Labute approximate surface area is 94.5 Å². The Hall–Kier alpha value is -2.35. The summed E-state index contributed by atoms with van der Waals surface area (Å²) in [6.07, 6.45) is 3.36. The zero-order chi connectivity index (χ0) is 11.8. The molecular weight excluding hydrogens is 226 g/mol. The molecule has 17 heavy (non-hydrogen) atoms. The first-order chi connectivity index (χ1) is 8.20. The molecule has 0 aromatic carbocycles. The molecule has 0 aliphatic carbocycles. The van der Waals surface area contributed by atoms with E-state index in [-0.39, 0.29) is 12.4 Å². The van der Waals surface area contributed by atoms with E-state index in [4.69, 9.17) is 9.94 Å². The lowest BCUT2D eigenvalue weighted by atomic mass is 10.3. The Bertz CT molecular complexity index is 643. The molecule has 0 radical (unpaired) electrons. The van der Waals surface area contributed by atoms with Crippen molar-refractivity contribution in [1.82, 2.24) is 25.0 Å². The number of fused-ring (bicyclic) bond motifs is 1. The summed E-state index contributed by atoms with van der Waals surface area (Å²) in [5.74, 6) is 1.08. The second-order valence-electron chi connectivity index (χ2n) is 3.61. The van der Waals surface area contributed by atoms with Gasteiger partial charge in [0.05, 0.1) is 18.8 Å². The summed E-state index contributed by atoms with van der Waals surface area (Å²) in [5.41, 5.74) is 0.702. The molecule has 8 nitrogen and oxygen atoms in total. The van der Waals surface area contributed by atoms with Crippen LogP contribution in [0.3, 0.4) is 0 Å². The highest BCUT2D eigenvalue weighted by Crippen LogP contribution is 2.13. The maximum Gasteiger partial charge on any atom is 0.325 e. The fraction of sp³-hybridized carbons (Fsp3) is 0.222. The van der Waals surface area contributed by atoms with Crippen LogP contribution < -0.4 is 5.69 Å². The molecule has 3 rings (SSSR count). The molecule has 0 amide bonds. The molecular formula is C9H9N5O3. The van der Waals surface area contributed by atoms with Gasteiger partial charge in [-0.1, -0.05) is 0 Å². The number of hydrogen-bond donors (Lipinski definition) is 3. The van der Waals surface area contributed by atoms with Gasteiger partial charge in [-0.3, -0.25) is 10.2 Å². The van der Waals surface area contributed by atoms with E-state index in [9.17, 15) is 4.79 Å². The first-order valence-corrected chi connectivity index (χ1v) is 4.93. The molecule has 2 aromatic rings. The van der Waals surface area contributed by atoms with Crippen LogP contribution in [-0.4, -0.2) is 36.9 Å². The third-order valence-corrected chi connectivity index (χ3v) is 2.33. The number of hydrogen-bond acceptors (Lipinski definition) is 6. The summed E-state index contributed by atoms with van der Waals surface area (Å²) in [4.78, 5) is 24.4. The summed E-state index contributed by atoms with van der Waals surface area (Å²) < 4.78 is 5.16. The van der Waals surface area contributed by atoms with E-state index in [1.165, 1.54) is 12.4 Å². The van der Waals surface area contributed by atoms with Crippen LogP contribution in [-0.2, 0) is 11.2 Å². The van der Waals surface area contributed by atoms with Crippen LogP contribution in [0.25, 0.3) is 11.2 Å². The molecule has 0 spiro atoms. The molecule has 0 atom stereocenters. The number of H-pyrrole nitrogens is 2. The summed E-state index contributed by atoms with van der Waals surface area (Å²) in [7, 11) is 0. The number of nitrogens with zero attached hydrogens (tertiary/aromatic N) is 3. The van der Waals surface area contributed by atoms with Crippen molar-refractivity contribution < 1.29 is 9.94 Å². The van der Waals surface area contributed by atoms with Crippen molar-refractivity contribution in [3.05, 3.63) is 34.5 Å². The highest BCUT2D eigenvalue weighted by molar-refractivity contribution is 5.68. The van der Waals surface area contributed by atoms with E-state index in [1.807, 2.05) is 0 Å². The van der Waals surface area contributed by atoms with Gasteiger partial charge in [0.1, 0.15) is 17.1 Å². The number of allylic oxidation sites excluding steroid dienone is 1. The van der Waals surface area contributed by atoms with Crippen molar-refractivity contribution in [2.45, 2.75) is 6.42 Å². The lowest BCUT2D eigenvalue weighted by Gasteiger charge is -2.01. The van der Waals surface area contributed by atoms with Gasteiger partial charge in [0, 0.05) is 0 Å². The second-order valence-corrected chi connectivity index (χ2v) is 3.61. The Kier molecular flexibility index (Phi) is 2.08. The van der Waals surface area contributed by atoms with E-state index < -0.39 is 0 Å². The molecule has 8 heteroatoms. The Morgan fingerprint density at radius 3 is 3.18 bits per heavy atom. The van der Waals surface area contributed by atoms with E-state index in [0.717, 1.165) is 5.06 Å². The molecule has 1 aliphatic heterocycles. The molecule has 2 aromatic heterocycles. The largest absolute Gasteiger partial charge is 0.473 e. The quantitative estimate of drug-likeness (QED) is 0.660. The van der Waals surface area contributed by atoms with Crippen molar-refractivity contribution in [2.75, 3.05) is 6.73 Å². The molecule has 88 valence electrons. The van der Waals surface area contributed by atoms with Crippen molar-refractivity contribution in [2.24, 2.45) is 0 Å². The minimum Gasteiger partial charge on any atom is -0.473 e. The fourth-order valence-corrected chi connectivity index (χ4v) is 1.59. The SMILES string of the molecule is O=c1[nH]c2cnc(CC3=CN(O)CO3)nc2[nH]1. The number of nitrogens with one attached hydrogen (secondary N) is 2. The summed E-state index contributed by atoms with van der Waals surface area (Å²) in [6.45, 7) is 0.110. The standard InChI is InChI=1S/C9H9N5O3/c15-9-11-6-2-10-7(12-8(6)13-9)1-5-3-14(16)4-17-5/h2-3,16H,1,4H2,(H2,10,11,12,13,15). The van der Waals surface area contributed by atoms with Gasteiger partial charge in [-0.25, -0.2) is 19.8 Å². The van der Waals surface area contributed by atoms with Crippen molar-refractivity contribution in [3.8, 4) is 0 Å². The van der Waals surface area contributed by atoms with Gasteiger partial charge in [0.2, 0.25) is 0 Å². The van der Waals surface area contributed by atoms with Gasteiger partial charge in [-0.15, -0.1) is 0 Å². The van der Waals surface area contributed by atoms with E-state index in [2.05, 4.69) is 19.9 Å². The van der Waals surface area contributed by atoms with Gasteiger partial charge in [-0.2, -0.15) is 0 Å². The normalized spacial score (nSPS) is 15.1. The molecule has 0 saturated heterocycles. The molecule has 0 unspecified atom stereocenters. The summed E-state index contributed by atoms with van der Waals surface area (Å²) >= 11 is 0. The number of hydroxylamine groups is 2. The van der Waals surface area contributed by atoms with Crippen LogP contribution in [0, 0.1) is 0 Å². The van der Waals surface area contributed by atoms with Crippen LogP contribution in [0.1, 0.15) is 5.82 Å². The van der Waals surface area contributed by atoms with Gasteiger partial charge in [0.15, 0.2) is 12.4 Å². The third kappa shape index (κ3) is 1.85. The van der Waals surface area contributed by atoms with Crippen LogP contribution >= 0.6 is 0 Å². The van der Waals surface area contributed by atoms with Crippen LogP contribution in [0.5, 0.6) is 0 Å². The van der Waals surface area contributed by atoms with E-state index >= 15 is 0 Å². The van der Waals surface area contributed by atoms with Gasteiger partial charge < -0.3 is 9.72 Å².